The highest BCUT2D eigenvalue weighted by molar-refractivity contribution is 7.60. The molecule has 0 saturated carbocycles. The number of aromatic nitrogens is 4. The summed E-state index contributed by atoms with van der Waals surface area (Å²) in [4.78, 5) is 25.1. The molecule has 3 rings (SSSR count). The predicted octanol–water partition coefficient (Wildman–Crippen LogP) is 4.20. The molecule has 200 valence electrons. The Balaban J connectivity index is 1.76. The van der Waals surface area contributed by atoms with Gasteiger partial charge in [0.1, 0.15) is 23.7 Å². The van der Waals surface area contributed by atoms with Gasteiger partial charge in [-0.05, 0) is 44.9 Å². The number of hydrogen-bond acceptors (Lipinski definition) is 8. The average molecular weight is 550 g/mol. The lowest BCUT2D eigenvalue weighted by molar-refractivity contribution is -0.149. The Labute approximate surface area is 221 Å². The lowest BCUT2D eigenvalue weighted by Crippen LogP contribution is -2.48. The van der Waals surface area contributed by atoms with Gasteiger partial charge in [-0.1, -0.05) is 37.2 Å². The van der Waals surface area contributed by atoms with E-state index < -0.39 is 25.1 Å². The van der Waals surface area contributed by atoms with E-state index in [1.54, 1.807) is 49.0 Å². The smallest absolute Gasteiger partial charge is 0.326 e. The van der Waals surface area contributed by atoms with Crippen molar-refractivity contribution >= 4 is 47.7 Å². The van der Waals surface area contributed by atoms with E-state index in [-0.39, 0.29) is 18.8 Å². The zero-order valence-electron chi connectivity index (χ0n) is 21.4. The Morgan fingerprint density at radius 2 is 1.97 bits per heavy atom. The van der Waals surface area contributed by atoms with Crippen LogP contribution in [-0.4, -0.2) is 50.1 Å². The van der Waals surface area contributed by atoms with E-state index in [2.05, 4.69) is 31.7 Å². The van der Waals surface area contributed by atoms with Crippen LogP contribution >= 0.6 is 19.0 Å². The van der Waals surface area contributed by atoms with Crippen molar-refractivity contribution in [3.63, 3.8) is 0 Å². The molecule has 1 aromatic carbocycles. The van der Waals surface area contributed by atoms with Crippen molar-refractivity contribution in [3.8, 4) is 0 Å². The van der Waals surface area contributed by atoms with Gasteiger partial charge in [0.15, 0.2) is 11.5 Å². The van der Waals surface area contributed by atoms with Crippen molar-refractivity contribution in [2.75, 3.05) is 18.7 Å². The van der Waals surface area contributed by atoms with Gasteiger partial charge in [-0.25, -0.2) is 20.0 Å². The molecule has 11 nitrogen and oxygen atoms in total. The summed E-state index contributed by atoms with van der Waals surface area (Å²) in [6.07, 6.45) is 3.00. The van der Waals surface area contributed by atoms with Crippen LogP contribution in [0, 0.1) is 0 Å². The van der Waals surface area contributed by atoms with Crippen molar-refractivity contribution < 1.29 is 18.8 Å². The summed E-state index contributed by atoms with van der Waals surface area (Å²) in [5, 5.41) is 6.47. The number of anilines is 1. The van der Waals surface area contributed by atoms with E-state index in [0.717, 1.165) is 0 Å². The Morgan fingerprint density at radius 1 is 1.27 bits per heavy atom. The first-order chi connectivity index (χ1) is 17.4. The number of carbonyl (C=O) groups excluding carboxylic acids is 1. The molecule has 37 heavy (non-hydrogen) atoms. The van der Waals surface area contributed by atoms with Crippen molar-refractivity contribution in [2.24, 2.45) is 0 Å². The monoisotopic (exact) mass is 549 g/mol. The van der Waals surface area contributed by atoms with Gasteiger partial charge in [0, 0.05) is 10.7 Å². The first-order valence-corrected chi connectivity index (χ1v) is 14.0. The van der Waals surface area contributed by atoms with E-state index in [0.29, 0.717) is 40.4 Å². The molecule has 0 fully saturated rings. The SMILES string of the molecule is C=C(N[P@](=O)(CO[C@H](C)Cn1cnc2c(N)ncnc21)NC(C)(C)C(=O)OCCC)c1ccc(Cl)cc1. The molecule has 2 aromatic heterocycles. The molecule has 0 aliphatic carbocycles. The molecule has 0 aliphatic heterocycles. The molecular weight excluding hydrogens is 517 g/mol. The molecule has 2 atom stereocenters. The Morgan fingerprint density at radius 3 is 2.65 bits per heavy atom. The average Bonchev–Trinajstić information content (AvgIpc) is 3.25. The first-order valence-electron chi connectivity index (χ1n) is 11.8. The van der Waals surface area contributed by atoms with Crippen LogP contribution < -0.4 is 15.9 Å². The van der Waals surface area contributed by atoms with E-state index in [9.17, 15) is 9.36 Å². The minimum Gasteiger partial charge on any atom is -0.464 e. The van der Waals surface area contributed by atoms with Gasteiger partial charge in [-0.3, -0.25) is 9.36 Å². The minimum atomic E-state index is -3.59. The van der Waals surface area contributed by atoms with E-state index >= 15 is 0 Å². The van der Waals surface area contributed by atoms with Gasteiger partial charge >= 0.3 is 5.97 Å². The molecule has 0 spiro atoms. The fourth-order valence-electron chi connectivity index (χ4n) is 3.49. The van der Waals surface area contributed by atoms with Crippen LogP contribution in [0.1, 0.15) is 39.7 Å². The zero-order chi connectivity index (χ0) is 27.2. The van der Waals surface area contributed by atoms with Crippen LogP contribution in [-0.2, 0) is 25.4 Å². The lowest BCUT2D eigenvalue weighted by atomic mass is 10.1. The second-order valence-corrected chi connectivity index (χ2v) is 11.8. The Hall–Kier alpha value is -2.98. The van der Waals surface area contributed by atoms with Crippen molar-refractivity contribution in [2.45, 2.75) is 52.3 Å². The molecule has 0 aliphatic rings. The normalized spacial score (nSPS) is 14.2. The van der Waals surface area contributed by atoms with E-state index in [4.69, 9.17) is 26.8 Å². The molecule has 2 heterocycles. The third kappa shape index (κ3) is 7.52. The number of ether oxygens (including phenoxy) is 2. The molecule has 13 heteroatoms. The summed E-state index contributed by atoms with van der Waals surface area (Å²) in [6, 6.07) is 6.92. The molecule has 4 N–H and O–H groups in total. The quantitative estimate of drug-likeness (QED) is 0.209. The van der Waals surface area contributed by atoms with Gasteiger partial charge in [-0.15, -0.1) is 0 Å². The number of benzene rings is 1. The molecule has 0 unspecified atom stereocenters. The minimum absolute atomic E-state index is 0.241. The highest BCUT2D eigenvalue weighted by Crippen LogP contribution is 2.42. The summed E-state index contributed by atoms with van der Waals surface area (Å²) < 4.78 is 27.2. The maximum atomic E-state index is 14.1. The van der Waals surface area contributed by atoms with E-state index in [1.165, 1.54) is 6.33 Å². The van der Waals surface area contributed by atoms with Crippen LogP contribution in [0.5, 0.6) is 0 Å². The molecule has 3 aromatic rings. The largest absolute Gasteiger partial charge is 0.464 e. The number of esters is 1. The number of nitrogen functional groups attached to an aromatic ring is 1. The highest BCUT2D eigenvalue weighted by Gasteiger charge is 2.38. The van der Waals surface area contributed by atoms with Crippen LogP contribution in [0.2, 0.25) is 5.02 Å². The number of nitrogens with one attached hydrogen (secondary N) is 2. The van der Waals surface area contributed by atoms with Crippen LogP contribution in [0.4, 0.5) is 5.82 Å². The van der Waals surface area contributed by atoms with Gasteiger partial charge in [0.05, 0.1) is 25.6 Å². The fraction of sp³-hybridized carbons (Fsp3) is 0.417. The van der Waals surface area contributed by atoms with Crippen molar-refractivity contribution in [1.29, 1.82) is 0 Å². The topological polar surface area (TPSA) is 146 Å². The number of imidazole rings is 1. The number of hydrogen-bond donors (Lipinski definition) is 3. The van der Waals surface area contributed by atoms with Gasteiger partial charge in [0.25, 0.3) is 7.44 Å². The second-order valence-electron chi connectivity index (χ2n) is 9.14. The number of carbonyl (C=O) groups is 1. The summed E-state index contributed by atoms with van der Waals surface area (Å²) in [5.74, 6) is -0.239. The number of nitrogens with two attached hydrogens (primary N) is 1. The maximum absolute atomic E-state index is 14.1. The zero-order valence-corrected chi connectivity index (χ0v) is 23.1. The molecule has 0 radical (unpaired) electrons. The summed E-state index contributed by atoms with van der Waals surface area (Å²) >= 11 is 5.99. The number of halogens is 1. The van der Waals surface area contributed by atoms with Gasteiger partial charge in [-0.2, -0.15) is 0 Å². The summed E-state index contributed by atoms with van der Waals surface area (Å²) in [6.45, 7) is 11.6. The summed E-state index contributed by atoms with van der Waals surface area (Å²) in [7, 11) is -3.59. The fourth-order valence-corrected chi connectivity index (χ4v) is 5.83. The number of nitrogens with zero attached hydrogens (tertiary/aromatic N) is 4. The number of rotatable bonds is 13. The van der Waals surface area contributed by atoms with Crippen LogP contribution in [0.15, 0.2) is 43.5 Å². The van der Waals surface area contributed by atoms with Crippen LogP contribution in [0.3, 0.4) is 0 Å². The predicted molar refractivity (Wildman–Crippen MR) is 145 cm³/mol. The molecule has 0 saturated heterocycles. The number of fused-ring (bicyclic) bond motifs is 1. The van der Waals surface area contributed by atoms with Crippen molar-refractivity contribution in [3.05, 3.63) is 54.1 Å². The first kappa shape index (κ1) is 28.6. The van der Waals surface area contributed by atoms with Crippen LogP contribution in [0.25, 0.3) is 16.9 Å². The highest BCUT2D eigenvalue weighted by atomic mass is 35.5. The molecular formula is C24H33ClN7O4P. The maximum Gasteiger partial charge on any atom is 0.326 e. The molecule has 0 amide bonds. The second kappa shape index (κ2) is 12.0. The standard InChI is InChI=1S/C24H33ClN7O4P/c1-6-11-35-23(33)24(4,5)31-37(34,30-17(3)18-7-9-19(25)10-8-18)15-36-16(2)12-32-14-29-20-21(26)27-13-28-22(20)32/h7-10,13-14,16H,3,6,11-12,15H2,1-2,4-5H3,(H2,26,27,28)(H2,30,31,34)/t16-,37-/m1/s1. The third-order valence-corrected chi connectivity index (χ3v) is 7.66. The van der Waals surface area contributed by atoms with Gasteiger partial charge < -0.3 is 24.9 Å². The lowest BCUT2D eigenvalue weighted by Gasteiger charge is -2.32. The summed E-state index contributed by atoms with van der Waals surface area (Å²) in [5.41, 5.74) is 6.74. The Kier molecular flexibility index (Phi) is 9.31. The molecule has 0 bridgehead atoms. The van der Waals surface area contributed by atoms with Gasteiger partial charge in [0.2, 0.25) is 0 Å². The van der Waals surface area contributed by atoms with E-state index in [1.807, 2.05) is 13.8 Å². The third-order valence-electron chi connectivity index (χ3n) is 5.34. The van der Waals surface area contributed by atoms with Crippen molar-refractivity contribution in [1.82, 2.24) is 29.7 Å². The Bertz CT molecular complexity index is 1300.